The maximum absolute atomic E-state index is 8.95. The van der Waals surface area contributed by atoms with Crippen molar-refractivity contribution in [1.82, 2.24) is 5.32 Å². The third-order valence-corrected chi connectivity index (χ3v) is 2.56. The summed E-state index contributed by atoms with van der Waals surface area (Å²) < 4.78 is 4.96. The molecule has 17 heavy (non-hydrogen) atoms. The number of hydrogen-bond donors (Lipinski definition) is 1. The molecule has 0 radical (unpaired) electrons. The lowest BCUT2D eigenvalue weighted by atomic mass is 10.1. The summed E-state index contributed by atoms with van der Waals surface area (Å²) in [5, 5.41) is 3.32. The van der Waals surface area contributed by atoms with E-state index in [2.05, 4.69) is 57.2 Å². The number of carbonyl (C=O) groups is 1. The lowest BCUT2D eigenvalue weighted by Crippen LogP contribution is -2.14. The van der Waals surface area contributed by atoms with Crippen LogP contribution in [0, 0.1) is 0 Å². The molecule has 1 heterocycles. The number of nitrogens with one attached hydrogen (secondary N) is 1. The molecule has 3 nitrogen and oxygen atoms in total. The molecule has 0 aromatic carbocycles. The number of carbonyl (C=O) groups excluding carboxylic acids is 1. The van der Waals surface area contributed by atoms with Gasteiger partial charge in [-0.25, -0.2) is 0 Å². The van der Waals surface area contributed by atoms with E-state index in [4.69, 9.17) is 4.79 Å². The Hall–Kier alpha value is -1.55. The summed E-state index contributed by atoms with van der Waals surface area (Å²) in [7, 11) is 1.31. The van der Waals surface area contributed by atoms with E-state index < -0.39 is 0 Å². The van der Waals surface area contributed by atoms with Crippen molar-refractivity contribution in [3.05, 3.63) is 57.9 Å². The third kappa shape index (κ3) is 4.44. The fraction of sp³-hybridized carbons (Fsp3) is 0.154. The highest BCUT2D eigenvalue weighted by molar-refractivity contribution is 9.11. The number of halogens is 1. The van der Waals surface area contributed by atoms with E-state index in [1.165, 1.54) is 18.4 Å². The van der Waals surface area contributed by atoms with Crippen LogP contribution < -0.4 is 5.32 Å². The van der Waals surface area contributed by atoms with E-state index in [1.807, 2.05) is 12.2 Å². The van der Waals surface area contributed by atoms with Gasteiger partial charge in [0.2, 0.25) is 0 Å². The van der Waals surface area contributed by atoms with Gasteiger partial charge in [0.15, 0.2) is 0 Å². The highest BCUT2D eigenvalue weighted by atomic mass is 79.9. The van der Waals surface area contributed by atoms with Gasteiger partial charge in [-0.1, -0.05) is 28.1 Å². The minimum atomic E-state index is 0.375. The number of dihydropyridines is 1. The van der Waals surface area contributed by atoms with E-state index >= 15 is 0 Å². The average Bonchev–Trinajstić information content (AvgIpc) is 2.50. The van der Waals surface area contributed by atoms with Crippen molar-refractivity contribution in [3.63, 3.8) is 0 Å². The predicted molar refractivity (Wildman–Crippen MR) is 72.3 cm³/mol. The molecule has 0 saturated heterocycles. The molecule has 0 amide bonds. The molecule has 1 aliphatic carbocycles. The second kappa shape index (κ2) is 6.91. The average molecular weight is 296 g/mol. The topological polar surface area (TPSA) is 38.3 Å². The van der Waals surface area contributed by atoms with Crippen LogP contribution in [0.25, 0.3) is 0 Å². The number of methoxy groups -OCH3 is 1. The molecule has 2 aliphatic rings. The Morgan fingerprint density at radius 1 is 1.35 bits per heavy atom. The van der Waals surface area contributed by atoms with E-state index in [-0.39, 0.29) is 0 Å². The summed E-state index contributed by atoms with van der Waals surface area (Å²) in [6.07, 6.45) is 12.4. The monoisotopic (exact) mass is 295 g/mol. The van der Waals surface area contributed by atoms with Gasteiger partial charge in [-0.2, -0.15) is 0 Å². The van der Waals surface area contributed by atoms with Crippen LogP contribution in [0.2, 0.25) is 0 Å². The van der Waals surface area contributed by atoms with E-state index in [0.717, 1.165) is 10.2 Å². The van der Waals surface area contributed by atoms with Crippen LogP contribution in [-0.2, 0) is 9.53 Å². The fourth-order valence-electron chi connectivity index (χ4n) is 1.33. The molecule has 1 aliphatic heterocycles. The molecule has 0 spiro atoms. The summed E-state index contributed by atoms with van der Waals surface area (Å²) in [5.74, 6) is 0. The van der Waals surface area contributed by atoms with Crippen LogP contribution in [0.4, 0.5) is 0 Å². The van der Waals surface area contributed by atoms with E-state index in [9.17, 15) is 0 Å². The first kappa shape index (κ1) is 13.5. The lowest BCUT2D eigenvalue weighted by Gasteiger charge is -2.15. The molecule has 4 heteroatoms. The number of ether oxygens (including phenoxy) is 1. The van der Waals surface area contributed by atoms with Crippen LogP contribution in [0.1, 0.15) is 6.92 Å². The highest BCUT2D eigenvalue weighted by Gasteiger charge is 2.07. The van der Waals surface area contributed by atoms with Gasteiger partial charge >= 0.3 is 0 Å². The minimum absolute atomic E-state index is 0.375. The van der Waals surface area contributed by atoms with Crippen molar-refractivity contribution in [2.24, 2.45) is 0 Å². The molecule has 0 saturated carbocycles. The fourth-order valence-corrected chi connectivity index (χ4v) is 1.73. The van der Waals surface area contributed by atoms with Gasteiger partial charge in [-0.15, -0.1) is 0 Å². The maximum atomic E-state index is 8.95. The summed E-state index contributed by atoms with van der Waals surface area (Å²) in [4.78, 5) is 8.95. The molecule has 0 bridgehead atoms. The van der Waals surface area contributed by atoms with Crippen molar-refractivity contribution in [2.75, 3.05) is 7.11 Å². The van der Waals surface area contributed by atoms with Crippen LogP contribution in [0.3, 0.4) is 0 Å². The van der Waals surface area contributed by atoms with Crippen molar-refractivity contribution in [3.8, 4) is 0 Å². The molecule has 0 aromatic rings. The molecule has 0 aromatic heterocycles. The molecule has 0 atom stereocenters. The normalized spacial score (nSPS) is 16.6. The zero-order chi connectivity index (χ0) is 12.7. The standard InChI is InChI=1S/C11H10BrN.C2H4O2/c1-8-5-6-9-7-10(12)3-2-4-11(9)13-8;1-4-2-3/h2-7,13H,1H3;2H,1H3. The zero-order valence-corrected chi connectivity index (χ0v) is 11.3. The van der Waals surface area contributed by atoms with Crippen molar-refractivity contribution >= 4 is 22.4 Å². The Labute approximate surface area is 109 Å². The Morgan fingerprint density at radius 3 is 2.71 bits per heavy atom. The third-order valence-electron chi connectivity index (χ3n) is 2.06. The smallest absolute Gasteiger partial charge is 0.292 e. The second-order valence-corrected chi connectivity index (χ2v) is 4.31. The summed E-state index contributed by atoms with van der Waals surface area (Å²) in [6, 6.07) is 0. The number of rotatable bonds is 1. The zero-order valence-electron chi connectivity index (χ0n) is 9.74. The van der Waals surface area contributed by atoms with Crippen LogP contribution >= 0.6 is 15.9 Å². The minimum Gasteiger partial charge on any atom is -0.471 e. The van der Waals surface area contributed by atoms with Gasteiger partial charge < -0.3 is 10.1 Å². The van der Waals surface area contributed by atoms with Gasteiger partial charge in [0.25, 0.3) is 6.47 Å². The van der Waals surface area contributed by atoms with Gasteiger partial charge in [-0.3, -0.25) is 4.79 Å². The van der Waals surface area contributed by atoms with E-state index in [0.29, 0.717) is 6.47 Å². The first-order valence-electron chi connectivity index (χ1n) is 5.05. The summed E-state index contributed by atoms with van der Waals surface area (Å²) in [5.41, 5.74) is 3.54. The van der Waals surface area contributed by atoms with Crippen LogP contribution in [0.15, 0.2) is 57.9 Å². The molecule has 2 rings (SSSR count). The van der Waals surface area contributed by atoms with Gasteiger partial charge in [0.1, 0.15) is 0 Å². The van der Waals surface area contributed by atoms with E-state index in [1.54, 1.807) is 0 Å². The van der Waals surface area contributed by atoms with Crippen molar-refractivity contribution < 1.29 is 9.53 Å². The van der Waals surface area contributed by atoms with Crippen molar-refractivity contribution in [2.45, 2.75) is 6.92 Å². The largest absolute Gasteiger partial charge is 0.471 e. The molecule has 1 N–H and O–H groups in total. The quantitative estimate of drug-likeness (QED) is 0.756. The summed E-state index contributed by atoms with van der Waals surface area (Å²) >= 11 is 3.47. The number of allylic oxidation sites excluding steroid dienone is 8. The molecule has 90 valence electrons. The van der Waals surface area contributed by atoms with Gasteiger partial charge in [0.05, 0.1) is 7.11 Å². The SMILES string of the molecule is CC1=CC=C2C=C(Br)C=CC=C2N1.COC=O. The lowest BCUT2D eigenvalue weighted by molar-refractivity contribution is -0.126. The first-order chi connectivity index (χ1) is 8.17. The molecular formula is C13H14BrNO2. The second-order valence-electron chi connectivity index (χ2n) is 3.40. The number of hydrogen-bond acceptors (Lipinski definition) is 3. The highest BCUT2D eigenvalue weighted by Crippen LogP contribution is 2.22. The Morgan fingerprint density at radius 2 is 2.06 bits per heavy atom. The molecule has 0 fully saturated rings. The number of fused-ring (bicyclic) bond motifs is 1. The summed E-state index contributed by atoms with van der Waals surface area (Å²) in [6.45, 7) is 2.43. The Kier molecular flexibility index (Phi) is 5.49. The Balaban J connectivity index is 0.000000317. The molecular weight excluding hydrogens is 282 g/mol. The van der Waals surface area contributed by atoms with Crippen LogP contribution in [0.5, 0.6) is 0 Å². The van der Waals surface area contributed by atoms with Gasteiger partial charge in [0, 0.05) is 15.9 Å². The first-order valence-corrected chi connectivity index (χ1v) is 5.84. The maximum Gasteiger partial charge on any atom is 0.292 e. The Bertz CT molecular complexity index is 442. The van der Waals surface area contributed by atoms with Gasteiger partial charge in [-0.05, 0) is 36.8 Å². The van der Waals surface area contributed by atoms with Crippen LogP contribution in [-0.4, -0.2) is 13.6 Å². The predicted octanol–water partition coefficient (Wildman–Crippen LogP) is 2.94. The van der Waals surface area contributed by atoms with Crippen molar-refractivity contribution in [1.29, 1.82) is 0 Å². The molecule has 0 unspecified atom stereocenters.